The molecule has 0 saturated heterocycles. The first-order valence-corrected chi connectivity index (χ1v) is 8.44. The van der Waals surface area contributed by atoms with Crippen molar-refractivity contribution in [2.24, 2.45) is 17.3 Å². The van der Waals surface area contributed by atoms with Gasteiger partial charge >= 0.3 is 17.9 Å². The van der Waals surface area contributed by atoms with Crippen LogP contribution in [0.3, 0.4) is 0 Å². The van der Waals surface area contributed by atoms with Gasteiger partial charge in [-0.05, 0) is 36.8 Å². The van der Waals surface area contributed by atoms with Crippen LogP contribution in [-0.2, 0) is 14.3 Å². The molecule has 0 bridgehead atoms. The van der Waals surface area contributed by atoms with Gasteiger partial charge in [-0.15, -0.1) is 0 Å². The first kappa shape index (κ1) is 19.0. The Morgan fingerprint density at radius 3 is 2.24 bits per heavy atom. The lowest BCUT2D eigenvalue weighted by molar-refractivity contribution is -0.152. The van der Waals surface area contributed by atoms with Crippen LogP contribution in [0.5, 0.6) is 0 Å². The molecular formula is C19H24O6. The SMILES string of the molecule is CC(C)CC1(C(=O)OCCOC(=O)c2ccccc2C(=O)O)CC1C. The Morgan fingerprint density at radius 1 is 1.16 bits per heavy atom. The Kier molecular flexibility index (Phi) is 5.82. The van der Waals surface area contributed by atoms with E-state index in [1.54, 1.807) is 6.07 Å². The summed E-state index contributed by atoms with van der Waals surface area (Å²) in [5.41, 5.74) is -0.533. The van der Waals surface area contributed by atoms with Gasteiger partial charge in [-0.3, -0.25) is 4.79 Å². The third kappa shape index (κ3) is 4.38. The Hall–Kier alpha value is -2.37. The second kappa shape index (κ2) is 7.68. The van der Waals surface area contributed by atoms with E-state index in [0.29, 0.717) is 11.8 Å². The molecule has 1 aromatic carbocycles. The van der Waals surface area contributed by atoms with Crippen LogP contribution in [0.2, 0.25) is 0 Å². The van der Waals surface area contributed by atoms with E-state index in [0.717, 1.165) is 12.8 Å². The zero-order valence-corrected chi connectivity index (χ0v) is 14.8. The average Bonchev–Trinajstić information content (AvgIpc) is 3.20. The topological polar surface area (TPSA) is 89.9 Å². The number of benzene rings is 1. The number of rotatable bonds is 8. The maximum Gasteiger partial charge on any atom is 0.339 e. The Balaban J connectivity index is 1.83. The van der Waals surface area contributed by atoms with Gasteiger partial charge in [-0.25, -0.2) is 9.59 Å². The summed E-state index contributed by atoms with van der Waals surface area (Å²) in [6.45, 7) is 6.03. The van der Waals surface area contributed by atoms with Gasteiger partial charge in [0.25, 0.3) is 0 Å². The molecule has 2 rings (SSSR count). The molecule has 136 valence electrons. The number of hydrogen-bond donors (Lipinski definition) is 1. The van der Waals surface area contributed by atoms with Crippen LogP contribution in [0, 0.1) is 17.3 Å². The van der Waals surface area contributed by atoms with Crippen molar-refractivity contribution in [3.05, 3.63) is 35.4 Å². The zero-order chi connectivity index (χ0) is 18.6. The van der Waals surface area contributed by atoms with E-state index in [1.807, 2.05) is 6.92 Å². The van der Waals surface area contributed by atoms with Crippen molar-refractivity contribution in [1.82, 2.24) is 0 Å². The van der Waals surface area contributed by atoms with Crippen molar-refractivity contribution >= 4 is 17.9 Å². The van der Waals surface area contributed by atoms with Gasteiger partial charge in [0.1, 0.15) is 13.2 Å². The molecule has 0 heterocycles. The maximum atomic E-state index is 12.3. The van der Waals surface area contributed by atoms with Crippen molar-refractivity contribution in [3.8, 4) is 0 Å². The lowest BCUT2D eigenvalue weighted by atomic mass is 9.92. The summed E-state index contributed by atoms with van der Waals surface area (Å²) in [5, 5.41) is 9.07. The minimum atomic E-state index is -1.20. The van der Waals surface area contributed by atoms with Crippen LogP contribution in [0.4, 0.5) is 0 Å². The minimum Gasteiger partial charge on any atom is -0.478 e. The second-order valence-electron chi connectivity index (χ2n) is 6.98. The molecule has 0 spiro atoms. The van der Waals surface area contributed by atoms with Crippen LogP contribution in [0.15, 0.2) is 24.3 Å². The molecule has 1 saturated carbocycles. The van der Waals surface area contributed by atoms with E-state index in [1.165, 1.54) is 18.2 Å². The number of aromatic carboxylic acids is 1. The van der Waals surface area contributed by atoms with Crippen LogP contribution in [-0.4, -0.2) is 36.2 Å². The first-order chi connectivity index (χ1) is 11.8. The molecule has 0 amide bonds. The van der Waals surface area contributed by atoms with Gasteiger partial charge in [0.15, 0.2) is 0 Å². The van der Waals surface area contributed by atoms with Gasteiger partial charge in [0.2, 0.25) is 0 Å². The van der Waals surface area contributed by atoms with E-state index >= 15 is 0 Å². The molecule has 2 atom stereocenters. The smallest absolute Gasteiger partial charge is 0.339 e. The minimum absolute atomic E-state index is 0.0200. The van der Waals surface area contributed by atoms with Crippen LogP contribution >= 0.6 is 0 Å². The molecule has 0 radical (unpaired) electrons. The Labute approximate surface area is 147 Å². The summed E-state index contributed by atoms with van der Waals surface area (Å²) >= 11 is 0. The molecule has 0 aromatic heterocycles. The summed E-state index contributed by atoms with van der Waals surface area (Å²) in [7, 11) is 0. The summed E-state index contributed by atoms with van der Waals surface area (Å²) in [5.74, 6) is -1.46. The van der Waals surface area contributed by atoms with Gasteiger partial charge in [0, 0.05) is 0 Å². The van der Waals surface area contributed by atoms with Crippen molar-refractivity contribution in [3.63, 3.8) is 0 Å². The lowest BCUT2D eigenvalue weighted by Gasteiger charge is -2.17. The van der Waals surface area contributed by atoms with Gasteiger partial charge < -0.3 is 14.6 Å². The molecule has 0 aliphatic heterocycles. The number of carboxylic acids is 1. The highest BCUT2D eigenvalue weighted by Crippen LogP contribution is 2.57. The largest absolute Gasteiger partial charge is 0.478 e. The fraction of sp³-hybridized carbons (Fsp3) is 0.526. The third-order valence-corrected chi connectivity index (χ3v) is 4.56. The van der Waals surface area contributed by atoms with Crippen molar-refractivity contribution < 1.29 is 29.0 Å². The summed E-state index contributed by atoms with van der Waals surface area (Å²) in [6, 6.07) is 5.82. The molecule has 1 N–H and O–H groups in total. The van der Waals surface area contributed by atoms with Gasteiger partial charge in [-0.2, -0.15) is 0 Å². The number of esters is 2. The van der Waals surface area contributed by atoms with Crippen molar-refractivity contribution in [2.45, 2.75) is 33.6 Å². The van der Waals surface area contributed by atoms with Crippen LogP contribution < -0.4 is 0 Å². The van der Waals surface area contributed by atoms with Gasteiger partial charge in [-0.1, -0.05) is 32.9 Å². The van der Waals surface area contributed by atoms with E-state index in [-0.39, 0.29) is 30.3 Å². The molecule has 25 heavy (non-hydrogen) atoms. The molecule has 1 aromatic rings. The summed E-state index contributed by atoms with van der Waals surface area (Å²) in [6.07, 6.45) is 1.62. The molecule has 1 aliphatic rings. The zero-order valence-electron chi connectivity index (χ0n) is 14.8. The Bertz CT molecular complexity index is 666. The van der Waals surface area contributed by atoms with Crippen molar-refractivity contribution in [2.75, 3.05) is 13.2 Å². The average molecular weight is 348 g/mol. The molecule has 1 aliphatic carbocycles. The summed E-state index contributed by atoms with van der Waals surface area (Å²) in [4.78, 5) is 35.4. The second-order valence-corrected chi connectivity index (χ2v) is 6.98. The predicted molar refractivity (Wildman–Crippen MR) is 90.3 cm³/mol. The quantitative estimate of drug-likeness (QED) is 0.573. The standard InChI is InChI=1S/C19H24O6/c1-12(2)10-19(11-13(19)3)18(23)25-9-8-24-17(22)15-7-5-4-6-14(15)16(20)21/h4-7,12-13H,8-11H2,1-3H3,(H,20,21). The van der Waals surface area contributed by atoms with Crippen LogP contribution in [0.25, 0.3) is 0 Å². The lowest BCUT2D eigenvalue weighted by Crippen LogP contribution is -2.25. The maximum absolute atomic E-state index is 12.3. The summed E-state index contributed by atoms with van der Waals surface area (Å²) < 4.78 is 10.3. The first-order valence-electron chi connectivity index (χ1n) is 8.44. The highest BCUT2D eigenvalue weighted by Gasteiger charge is 2.58. The normalized spacial score (nSPS) is 21.7. The fourth-order valence-electron chi connectivity index (χ4n) is 3.21. The number of carbonyl (C=O) groups excluding carboxylic acids is 2. The van der Waals surface area contributed by atoms with E-state index < -0.39 is 17.4 Å². The fourth-order valence-corrected chi connectivity index (χ4v) is 3.21. The van der Waals surface area contributed by atoms with E-state index in [9.17, 15) is 14.4 Å². The molecule has 1 fully saturated rings. The number of hydrogen-bond acceptors (Lipinski definition) is 5. The van der Waals surface area contributed by atoms with Gasteiger partial charge in [0.05, 0.1) is 16.5 Å². The monoisotopic (exact) mass is 348 g/mol. The highest BCUT2D eigenvalue weighted by atomic mass is 16.6. The van der Waals surface area contributed by atoms with Crippen molar-refractivity contribution in [1.29, 1.82) is 0 Å². The van der Waals surface area contributed by atoms with E-state index in [2.05, 4.69) is 13.8 Å². The molecule has 6 nitrogen and oxygen atoms in total. The predicted octanol–water partition coefficient (Wildman–Crippen LogP) is 3.16. The molecular weight excluding hydrogens is 324 g/mol. The highest BCUT2D eigenvalue weighted by molar-refractivity contribution is 6.02. The molecule has 6 heteroatoms. The number of carboxylic acid groups (broad SMARTS) is 1. The number of ether oxygens (including phenoxy) is 2. The Morgan fingerprint density at radius 2 is 1.72 bits per heavy atom. The number of carbonyl (C=O) groups is 3. The van der Waals surface area contributed by atoms with Crippen LogP contribution in [0.1, 0.15) is 54.3 Å². The third-order valence-electron chi connectivity index (χ3n) is 4.56. The van der Waals surface area contributed by atoms with E-state index in [4.69, 9.17) is 14.6 Å². The molecule has 2 unspecified atom stereocenters.